The van der Waals surface area contributed by atoms with Crippen LogP contribution < -0.4 is 0 Å². The number of rotatable bonds is 4. The van der Waals surface area contributed by atoms with Crippen LogP contribution in [-0.2, 0) is 11.2 Å². The quantitative estimate of drug-likeness (QED) is 0.897. The predicted octanol–water partition coefficient (Wildman–Crippen LogP) is 1.63. The fourth-order valence-electron chi connectivity index (χ4n) is 2.59. The van der Waals surface area contributed by atoms with Crippen molar-refractivity contribution in [3.63, 3.8) is 0 Å². The Kier molecular flexibility index (Phi) is 4.91. The molecule has 4 nitrogen and oxygen atoms in total. The summed E-state index contributed by atoms with van der Waals surface area (Å²) in [5, 5.41) is 9.47. The third kappa shape index (κ3) is 4.03. The van der Waals surface area contributed by atoms with Crippen LogP contribution >= 0.6 is 0 Å². The molecule has 1 aromatic rings. The Labute approximate surface area is 114 Å². The Bertz CT molecular complexity index is 400. The molecular formula is C15H22N2O2. The van der Waals surface area contributed by atoms with Crippen molar-refractivity contribution in [2.45, 2.75) is 38.2 Å². The maximum atomic E-state index is 12.3. The van der Waals surface area contributed by atoms with E-state index in [1.165, 1.54) is 0 Å². The SMILES string of the molecule is CN(CCc1cccnc1)C(=O)C1CCC(O)CC1. The van der Waals surface area contributed by atoms with Crippen LogP contribution in [0.25, 0.3) is 0 Å². The van der Waals surface area contributed by atoms with E-state index in [-0.39, 0.29) is 17.9 Å². The van der Waals surface area contributed by atoms with E-state index in [2.05, 4.69) is 4.98 Å². The van der Waals surface area contributed by atoms with Crippen molar-refractivity contribution < 1.29 is 9.90 Å². The molecule has 1 aliphatic rings. The second-order valence-electron chi connectivity index (χ2n) is 5.38. The molecular weight excluding hydrogens is 240 g/mol. The average Bonchev–Trinajstić information content (AvgIpc) is 2.46. The largest absolute Gasteiger partial charge is 0.393 e. The second kappa shape index (κ2) is 6.66. The maximum Gasteiger partial charge on any atom is 0.225 e. The third-order valence-corrected chi connectivity index (χ3v) is 3.88. The fourth-order valence-corrected chi connectivity index (χ4v) is 2.59. The molecule has 4 heteroatoms. The van der Waals surface area contributed by atoms with Crippen molar-refractivity contribution in [1.29, 1.82) is 0 Å². The predicted molar refractivity (Wildman–Crippen MR) is 73.5 cm³/mol. The van der Waals surface area contributed by atoms with Crippen LogP contribution in [0.3, 0.4) is 0 Å². The van der Waals surface area contributed by atoms with E-state index in [4.69, 9.17) is 0 Å². The summed E-state index contributed by atoms with van der Waals surface area (Å²) in [7, 11) is 1.86. The molecule has 0 unspecified atom stereocenters. The van der Waals surface area contributed by atoms with Gasteiger partial charge >= 0.3 is 0 Å². The van der Waals surface area contributed by atoms with Crippen molar-refractivity contribution in [3.8, 4) is 0 Å². The summed E-state index contributed by atoms with van der Waals surface area (Å²) in [4.78, 5) is 18.1. The van der Waals surface area contributed by atoms with Crippen molar-refractivity contribution in [2.24, 2.45) is 5.92 Å². The van der Waals surface area contributed by atoms with Gasteiger partial charge in [-0.15, -0.1) is 0 Å². The molecule has 0 bridgehead atoms. The number of carbonyl (C=O) groups excluding carboxylic acids is 1. The molecule has 0 atom stereocenters. The van der Waals surface area contributed by atoms with Crippen molar-refractivity contribution >= 4 is 5.91 Å². The van der Waals surface area contributed by atoms with Gasteiger partial charge in [0.1, 0.15) is 0 Å². The van der Waals surface area contributed by atoms with Gasteiger partial charge in [0.15, 0.2) is 0 Å². The molecule has 104 valence electrons. The van der Waals surface area contributed by atoms with Crippen LogP contribution in [0.2, 0.25) is 0 Å². The molecule has 0 spiro atoms. The molecule has 1 N–H and O–H groups in total. The highest BCUT2D eigenvalue weighted by molar-refractivity contribution is 5.78. The highest BCUT2D eigenvalue weighted by Gasteiger charge is 2.27. The van der Waals surface area contributed by atoms with E-state index in [1.807, 2.05) is 30.3 Å². The van der Waals surface area contributed by atoms with Gasteiger partial charge in [-0.25, -0.2) is 0 Å². The lowest BCUT2D eigenvalue weighted by Gasteiger charge is -2.28. The fraction of sp³-hybridized carbons (Fsp3) is 0.600. The average molecular weight is 262 g/mol. The van der Waals surface area contributed by atoms with Gasteiger partial charge in [-0.2, -0.15) is 0 Å². The van der Waals surface area contributed by atoms with Gasteiger partial charge < -0.3 is 10.0 Å². The lowest BCUT2D eigenvalue weighted by atomic mass is 9.86. The summed E-state index contributed by atoms with van der Waals surface area (Å²) in [6, 6.07) is 3.95. The molecule has 1 fully saturated rings. The van der Waals surface area contributed by atoms with Crippen molar-refractivity contribution in [1.82, 2.24) is 9.88 Å². The third-order valence-electron chi connectivity index (χ3n) is 3.88. The number of nitrogens with zero attached hydrogens (tertiary/aromatic N) is 2. The summed E-state index contributed by atoms with van der Waals surface area (Å²) < 4.78 is 0. The summed E-state index contributed by atoms with van der Waals surface area (Å²) in [5.74, 6) is 0.318. The maximum absolute atomic E-state index is 12.3. The number of hydrogen-bond acceptors (Lipinski definition) is 3. The van der Waals surface area contributed by atoms with Crippen LogP contribution in [0.1, 0.15) is 31.2 Å². The molecule has 1 aromatic heterocycles. The normalized spacial score (nSPS) is 23.1. The number of amides is 1. The van der Waals surface area contributed by atoms with Crippen LogP contribution in [0.4, 0.5) is 0 Å². The minimum Gasteiger partial charge on any atom is -0.393 e. The smallest absolute Gasteiger partial charge is 0.225 e. The molecule has 1 saturated carbocycles. The molecule has 0 radical (unpaired) electrons. The summed E-state index contributed by atoms with van der Waals surface area (Å²) in [5.41, 5.74) is 1.15. The standard InChI is InChI=1S/C15H22N2O2/c1-17(10-8-12-3-2-9-16-11-12)15(19)13-4-6-14(18)7-5-13/h2-3,9,11,13-14,18H,4-8,10H2,1H3. The van der Waals surface area contributed by atoms with Crippen LogP contribution in [0.5, 0.6) is 0 Å². The Hall–Kier alpha value is -1.42. The molecule has 0 saturated heterocycles. The molecule has 2 rings (SSSR count). The molecule has 1 amide bonds. The first kappa shape index (κ1) is 14.0. The zero-order valence-electron chi connectivity index (χ0n) is 11.5. The molecule has 1 heterocycles. The summed E-state index contributed by atoms with van der Waals surface area (Å²) in [6.07, 6.45) is 7.38. The van der Waals surface area contributed by atoms with Gasteiger partial charge in [-0.05, 0) is 43.7 Å². The Balaban J connectivity index is 1.79. The number of aromatic nitrogens is 1. The Morgan fingerprint density at radius 1 is 1.42 bits per heavy atom. The number of pyridine rings is 1. The van der Waals surface area contributed by atoms with E-state index in [0.717, 1.165) is 44.2 Å². The van der Waals surface area contributed by atoms with E-state index in [9.17, 15) is 9.90 Å². The highest BCUT2D eigenvalue weighted by atomic mass is 16.3. The van der Waals surface area contributed by atoms with Crippen LogP contribution in [-0.4, -0.2) is 40.6 Å². The van der Waals surface area contributed by atoms with Gasteiger partial charge in [0, 0.05) is 31.9 Å². The van der Waals surface area contributed by atoms with Crippen LogP contribution in [0.15, 0.2) is 24.5 Å². The number of hydrogen-bond donors (Lipinski definition) is 1. The number of likely N-dealkylation sites (N-methyl/N-ethyl adjacent to an activating group) is 1. The first-order valence-electron chi connectivity index (χ1n) is 6.99. The number of aliphatic hydroxyl groups excluding tert-OH is 1. The molecule has 1 aliphatic carbocycles. The zero-order chi connectivity index (χ0) is 13.7. The first-order chi connectivity index (χ1) is 9.16. The van der Waals surface area contributed by atoms with E-state index in [0.29, 0.717) is 0 Å². The number of aliphatic hydroxyl groups is 1. The number of carbonyl (C=O) groups is 1. The minimum atomic E-state index is -0.204. The second-order valence-corrected chi connectivity index (χ2v) is 5.38. The zero-order valence-corrected chi connectivity index (χ0v) is 11.5. The topological polar surface area (TPSA) is 53.4 Å². The van der Waals surface area contributed by atoms with Crippen LogP contribution in [0, 0.1) is 5.92 Å². The van der Waals surface area contributed by atoms with E-state index in [1.54, 1.807) is 6.20 Å². The Morgan fingerprint density at radius 3 is 2.79 bits per heavy atom. The highest BCUT2D eigenvalue weighted by Crippen LogP contribution is 2.25. The first-order valence-corrected chi connectivity index (χ1v) is 6.99. The van der Waals surface area contributed by atoms with E-state index < -0.39 is 0 Å². The van der Waals surface area contributed by atoms with Crippen molar-refractivity contribution in [3.05, 3.63) is 30.1 Å². The lowest BCUT2D eigenvalue weighted by molar-refractivity contribution is -0.135. The van der Waals surface area contributed by atoms with Gasteiger partial charge in [-0.1, -0.05) is 6.07 Å². The van der Waals surface area contributed by atoms with Gasteiger partial charge in [0.05, 0.1) is 6.10 Å². The minimum absolute atomic E-state index is 0.0994. The van der Waals surface area contributed by atoms with Gasteiger partial charge in [0.25, 0.3) is 0 Å². The van der Waals surface area contributed by atoms with Gasteiger partial charge in [0.2, 0.25) is 5.91 Å². The van der Waals surface area contributed by atoms with Gasteiger partial charge in [-0.3, -0.25) is 9.78 Å². The molecule has 0 aliphatic heterocycles. The molecule has 0 aromatic carbocycles. The molecule has 19 heavy (non-hydrogen) atoms. The summed E-state index contributed by atoms with van der Waals surface area (Å²) >= 11 is 0. The monoisotopic (exact) mass is 262 g/mol. The summed E-state index contributed by atoms with van der Waals surface area (Å²) in [6.45, 7) is 0.726. The van der Waals surface area contributed by atoms with Crippen molar-refractivity contribution in [2.75, 3.05) is 13.6 Å². The lowest BCUT2D eigenvalue weighted by Crippen LogP contribution is -2.36. The Morgan fingerprint density at radius 2 is 2.16 bits per heavy atom. The van der Waals surface area contributed by atoms with E-state index >= 15 is 0 Å².